The molecule has 28 heavy (non-hydrogen) atoms. The molecule has 2 N–H and O–H groups in total. The minimum absolute atomic E-state index is 0.0386. The fourth-order valence-corrected chi connectivity index (χ4v) is 3.32. The van der Waals surface area contributed by atoms with Gasteiger partial charge in [-0.1, -0.05) is 18.2 Å². The van der Waals surface area contributed by atoms with E-state index in [0.29, 0.717) is 24.1 Å². The summed E-state index contributed by atoms with van der Waals surface area (Å²) in [5, 5.41) is 18.2. The first-order valence-electron chi connectivity index (χ1n) is 8.75. The van der Waals surface area contributed by atoms with E-state index < -0.39 is 11.9 Å². The number of aromatic nitrogens is 4. The van der Waals surface area contributed by atoms with Crippen LogP contribution >= 0.6 is 0 Å². The zero-order valence-electron chi connectivity index (χ0n) is 15.0. The SMILES string of the molecule is Cc1cc(NC(=O)c2ccccc2C(=O)[O-])n(-c2nc3c(c(=O)[nH]2)CCC3)n1. The number of amides is 1. The molecule has 0 saturated carbocycles. The van der Waals surface area contributed by atoms with Gasteiger partial charge in [0.25, 0.3) is 11.5 Å². The molecular formula is C19H16N5O4-. The summed E-state index contributed by atoms with van der Waals surface area (Å²) in [5.74, 6) is -1.62. The fourth-order valence-electron chi connectivity index (χ4n) is 3.32. The van der Waals surface area contributed by atoms with Crippen LogP contribution in [0.25, 0.3) is 5.95 Å². The number of carboxylic acid groups (broad SMARTS) is 1. The van der Waals surface area contributed by atoms with Gasteiger partial charge in [-0.3, -0.25) is 14.6 Å². The quantitative estimate of drug-likeness (QED) is 0.674. The molecule has 0 unspecified atom stereocenters. The van der Waals surface area contributed by atoms with Crippen LogP contribution in [0.15, 0.2) is 35.1 Å². The molecule has 1 aromatic carbocycles. The third-order valence-electron chi connectivity index (χ3n) is 4.59. The Labute approximate surface area is 159 Å². The van der Waals surface area contributed by atoms with Crippen molar-refractivity contribution in [2.24, 2.45) is 0 Å². The highest BCUT2D eigenvalue weighted by Crippen LogP contribution is 2.20. The predicted molar refractivity (Wildman–Crippen MR) is 97.5 cm³/mol. The molecule has 0 spiro atoms. The van der Waals surface area contributed by atoms with Crippen LogP contribution in [0.4, 0.5) is 5.82 Å². The Morgan fingerprint density at radius 3 is 2.71 bits per heavy atom. The number of hydrogen-bond donors (Lipinski definition) is 2. The lowest BCUT2D eigenvalue weighted by atomic mass is 10.1. The molecule has 2 aromatic heterocycles. The molecule has 1 amide bonds. The number of aromatic amines is 1. The smallest absolute Gasteiger partial charge is 0.257 e. The zero-order chi connectivity index (χ0) is 19.8. The molecule has 142 valence electrons. The highest BCUT2D eigenvalue weighted by molar-refractivity contribution is 6.10. The van der Waals surface area contributed by atoms with Crippen molar-refractivity contribution in [2.75, 3.05) is 5.32 Å². The van der Waals surface area contributed by atoms with Crippen molar-refractivity contribution < 1.29 is 14.7 Å². The van der Waals surface area contributed by atoms with Gasteiger partial charge in [0.15, 0.2) is 0 Å². The first-order valence-corrected chi connectivity index (χ1v) is 8.75. The molecule has 9 heteroatoms. The molecule has 4 rings (SSSR count). The molecule has 3 aromatic rings. The van der Waals surface area contributed by atoms with Crippen molar-refractivity contribution in [1.29, 1.82) is 0 Å². The van der Waals surface area contributed by atoms with Gasteiger partial charge >= 0.3 is 0 Å². The van der Waals surface area contributed by atoms with Crippen LogP contribution < -0.4 is 16.0 Å². The van der Waals surface area contributed by atoms with Gasteiger partial charge in [-0.2, -0.15) is 9.78 Å². The second-order valence-corrected chi connectivity index (χ2v) is 6.54. The van der Waals surface area contributed by atoms with Crippen LogP contribution in [-0.2, 0) is 12.8 Å². The zero-order valence-corrected chi connectivity index (χ0v) is 15.0. The molecule has 9 nitrogen and oxygen atoms in total. The van der Waals surface area contributed by atoms with E-state index in [0.717, 1.165) is 12.1 Å². The van der Waals surface area contributed by atoms with Crippen molar-refractivity contribution >= 4 is 17.7 Å². The molecule has 0 atom stereocenters. The number of rotatable bonds is 4. The maximum atomic E-state index is 12.7. The van der Waals surface area contributed by atoms with Crippen molar-refractivity contribution in [1.82, 2.24) is 19.7 Å². The Hall–Kier alpha value is -3.75. The highest BCUT2D eigenvalue weighted by Gasteiger charge is 2.20. The number of carboxylic acids is 1. The first kappa shape index (κ1) is 17.7. The molecule has 1 aliphatic rings. The van der Waals surface area contributed by atoms with Crippen LogP contribution in [-0.4, -0.2) is 31.6 Å². The summed E-state index contributed by atoms with van der Waals surface area (Å²) in [4.78, 5) is 43.4. The number of nitrogens with one attached hydrogen (secondary N) is 2. The molecule has 0 bridgehead atoms. The number of H-pyrrole nitrogens is 1. The number of aromatic carboxylic acids is 1. The Morgan fingerprint density at radius 1 is 1.21 bits per heavy atom. The lowest BCUT2D eigenvalue weighted by Gasteiger charge is -2.12. The van der Waals surface area contributed by atoms with Gasteiger partial charge in [0, 0.05) is 22.8 Å². The molecule has 0 radical (unpaired) electrons. The average molecular weight is 378 g/mol. The van der Waals surface area contributed by atoms with Crippen LogP contribution in [0.1, 0.15) is 44.1 Å². The van der Waals surface area contributed by atoms with E-state index in [1.807, 2.05) is 0 Å². The van der Waals surface area contributed by atoms with Crippen LogP contribution in [0, 0.1) is 6.92 Å². The van der Waals surface area contributed by atoms with Crippen molar-refractivity contribution in [2.45, 2.75) is 26.2 Å². The summed E-state index contributed by atoms with van der Waals surface area (Å²) in [6, 6.07) is 7.36. The van der Waals surface area contributed by atoms with E-state index in [1.165, 1.54) is 22.9 Å². The minimum Gasteiger partial charge on any atom is -0.545 e. The van der Waals surface area contributed by atoms with Gasteiger partial charge in [0.2, 0.25) is 5.95 Å². The van der Waals surface area contributed by atoms with Crippen molar-refractivity contribution in [3.05, 3.63) is 68.8 Å². The fraction of sp³-hybridized carbons (Fsp3) is 0.211. The normalized spacial score (nSPS) is 12.6. The number of anilines is 1. The standard InChI is InChI=1S/C19H17N5O4/c1-10-9-15(21-16(25)11-5-2-3-6-12(11)18(27)28)24(23-10)19-20-14-8-4-7-13(14)17(26)22-19/h2-3,5-6,9H,4,7-8H2,1H3,(H,21,25)(H,27,28)(H,20,22,26)/p-1. The highest BCUT2D eigenvalue weighted by atomic mass is 16.4. The summed E-state index contributed by atoms with van der Waals surface area (Å²) in [5.41, 5.74) is 1.53. The van der Waals surface area contributed by atoms with E-state index in [9.17, 15) is 19.5 Å². The maximum Gasteiger partial charge on any atom is 0.257 e. The Balaban J connectivity index is 1.72. The summed E-state index contributed by atoms with van der Waals surface area (Å²) in [7, 11) is 0. The minimum atomic E-state index is -1.44. The van der Waals surface area contributed by atoms with Crippen LogP contribution in [0.5, 0.6) is 0 Å². The number of fused-ring (bicyclic) bond motifs is 1. The molecule has 0 aliphatic heterocycles. The predicted octanol–water partition coefficient (Wildman–Crippen LogP) is 0.369. The van der Waals surface area contributed by atoms with Gasteiger partial charge < -0.3 is 15.2 Å². The lowest BCUT2D eigenvalue weighted by Crippen LogP contribution is -2.27. The Morgan fingerprint density at radius 2 is 1.96 bits per heavy atom. The summed E-state index contributed by atoms with van der Waals surface area (Å²) < 4.78 is 1.33. The summed E-state index contributed by atoms with van der Waals surface area (Å²) in [6.45, 7) is 1.73. The Kier molecular flexibility index (Phi) is 4.26. The monoisotopic (exact) mass is 378 g/mol. The molecule has 1 aliphatic carbocycles. The number of carbonyl (C=O) groups excluding carboxylic acids is 2. The third kappa shape index (κ3) is 3.07. The van der Waals surface area contributed by atoms with E-state index in [-0.39, 0.29) is 28.5 Å². The molecule has 0 saturated heterocycles. The number of aryl methyl sites for hydroxylation is 2. The van der Waals surface area contributed by atoms with E-state index in [2.05, 4.69) is 20.4 Å². The number of nitrogens with zero attached hydrogens (tertiary/aromatic N) is 3. The summed E-state index contributed by atoms with van der Waals surface area (Å²) >= 11 is 0. The van der Waals surface area contributed by atoms with Gasteiger partial charge in [0.1, 0.15) is 5.82 Å². The molecular weight excluding hydrogens is 362 g/mol. The average Bonchev–Trinajstić information content (AvgIpc) is 3.28. The van der Waals surface area contributed by atoms with Gasteiger partial charge in [-0.05, 0) is 32.3 Å². The largest absolute Gasteiger partial charge is 0.545 e. The number of benzene rings is 1. The Bertz CT molecular complexity index is 1160. The van der Waals surface area contributed by atoms with E-state index >= 15 is 0 Å². The van der Waals surface area contributed by atoms with Crippen molar-refractivity contribution in [3.8, 4) is 5.95 Å². The second-order valence-electron chi connectivity index (χ2n) is 6.54. The lowest BCUT2D eigenvalue weighted by molar-refractivity contribution is -0.255. The van der Waals surface area contributed by atoms with Gasteiger partial charge in [0.05, 0.1) is 17.4 Å². The number of carbonyl (C=O) groups is 2. The molecule has 0 fully saturated rings. The van der Waals surface area contributed by atoms with E-state index in [1.54, 1.807) is 19.1 Å². The van der Waals surface area contributed by atoms with Crippen LogP contribution in [0.3, 0.4) is 0 Å². The van der Waals surface area contributed by atoms with E-state index in [4.69, 9.17) is 0 Å². The van der Waals surface area contributed by atoms with Crippen molar-refractivity contribution in [3.63, 3.8) is 0 Å². The second kappa shape index (κ2) is 6.76. The van der Waals surface area contributed by atoms with Crippen LogP contribution in [0.2, 0.25) is 0 Å². The third-order valence-corrected chi connectivity index (χ3v) is 4.59. The number of hydrogen-bond acceptors (Lipinski definition) is 6. The first-order chi connectivity index (χ1) is 13.4. The maximum absolute atomic E-state index is 12.7. The molecule has 2 heterocycles. The topological polar surface area (TPSA) is 133 Å². The van der Waals surface area contributed by atoms with Gasteiger partial charge in [-0.15, -0.1) is 0 Å². The van der Waals surface area contributed by atoms with Gasteiger partial charge in [-0.25, -0.2) is 4.98 Å². The summed E-state index contributed by atoms with van der Waals surface area (Å²) in [6.07, 6.45) is 2.28.